The molecule has 0 fully saturated rings. The summed E-state index contributed by atoms with van der Waals surface area (Å²) in [6.45, 7) is 4.74. The fourth-order valence-corrected chi connectivity index (χ4v) is 2.20. The highest BCUT2D eigenvalue weighted by atomic mass is 32.2. The molecule has 0 saturated heterocycles. The maximum atomic E-state index is 11.8. The maximum Gasteiger partial charge on any atom is 0.331 e. The number of ether oxygens (including phenoxy) is 4. The average Bonchev–Trinajstić information content (AvgIpc) is 2.32. The van der Waals surface area contributed by atoms with E-state index in [1.807, 2.05) is 0 Å². The third-order valence-corrected chi connectivity index (χ3v) is 3.47. The van der Waals surface area contributed by atoms with Crippen LogP contribution in [-0.2, 0) is 38.7 Å². The summed E-state index contributed by atoms with van der Waals surface area (Å²) >= 11 is 0. The Labute approximate surface area is 139 Å². The second-order valence-electron chi connectivity index (χ2n) is 4.76. The highest BCUT2D eigenvalue weighted by Gasteiger charge is 2.41. The van der Waals surface area contributed by atoms with Crippen molar-refractivity contribution in [3.8, 4) is 0 Å². The van der Waals surface area contributed by atoms with Gasteiger partial charge in [0.25, 0.3) is 10.1 Å². The normalized spacial score (nSPS) is 18.1. The Morgan fingerprint density at radius 3 is 1.79 bits per heavy atom. The molecule has 0 heterocycles. The molecule has 0 aromatic carbocycles. The quantitative estimate of drug-likeness (QED) is 0.247. The van der Waals surface area contributed by atoms with Gasteiger partial charge in [-0.05, 0) is 13.8 Å². The van der Waals surface area contributed by atoms with Gasteiger partial charge >= 0.3 is 23.9 Å². The van der Waals surface area contributed by atoms with Gasteiger partial charge in [-0.15, -0.1) is 0 Å². The summed E-state index contributed by atoms with van der Waals surface area (Å²) in [5.74, 6) is -7.83. The van der Waals surface area contributed by atoms with E-state index in [2.05, 4.69) is 18.9 Å². The van der Waals surface area contributed by atoms with Crippen molar-refractivity contribution in [2.24, 2.45) is 0 Å². The number of hydrogen-bond acceptors (Lipinski definition) is 10. The number of carbonyl (C=O) groups excluding carboxylic acids is 2. The van der Waals surface area contributed by atoms with E-state index in [0.29, 0.717) is 0 Å². The van der Waals surface area contributed by atoms with Gasteiger partial charge < -0.3 is 29.2 Å². The molecule has 0 saturated carbocycles. The van der Waals surface area contributed by atoms with E-state index < -0.39 is 45.7 Å². The lowest BCUT2D eigenvalue weighted by Gasteiger charge is -2.25. The van der Waals surface area contributed by atoms with Crippen LogP contribution in [0.2, 0.25) is 0 Å². The lowest BCUT2D eigenvalue weighted by molar-refractivity contribution is -0.332. The van der Waals surface area contributed by atoms with Crippen LogP contribution in [0.5, 0.6) is 0 Å². The van der Waals surface area contributed by atoms with Gasteiger partial charge in [0.1, 0.15) is 0 Å². The summed E-state index contributed by atoms with van der Waals surface area (Å²) in [6.07, 6.45) is -1.19. The zero-order valence-corrected chi connectivity index (χ0v) is 14.5. The molecule has 0 spiro atoms. The van der Waals surface area contributed by atoms with E-state index in [0.717, 1.165) is 13.8 Å². The fraction of sp³-hybridized carbons (Fsp3) is 0.833. The molecule has 3 unspecified atom stereocenters. The number of hydrogen-bond donors (Lipinski definition) is 3. The molecular weight excluding hydrogens is 352 g/mol. The van der Waals surface area contributed by atoms with Crippen molar-refractivity contribution in [3.05, 3.63) is 0 Å². The van der Waals surface area contributed by atoms with Crippen molar-refractivity contribution in [2.45, 2.75) is 51.3 Å². The standard InChI is InChI=1S/C12H22O11S/c1-5-20-11(3,15)22-9(13)7-8(24(17,18)19)10(14)23-12(4,16)21-6-2/h8,15-16H,5-7H2,1-4H3,(H,17,18,19). The lowest BCUT2D eigenvalue weighted by atomic mass is 10.3. The molecule has 3 atom stereocenters. The fourth-order valence-electron chi connectivity index (χ4n) is 1.56. The molecule has 0 aromatic heterocycles. The lowest BCUT2D eigenvalue weighted by Crippen LogP contribution is -2.43. The first-order chi connectivity index (χ1) is 10.7. The smallest absolute Gasteiger partial charge is 0.331 e. The highest BCUT2D eigenvalue weighted by molar-refractivity contribution is 7.87. The summed E-state index contributed by atoms with van der Waals surface area (Å²) in [4.78, 5) is 23.5. The van der Waals surface area contributed by atoms with Gasteiger partial charge in [-0.1, -0.05) is 0 Å². The van der Waals surface area contributed by atoms with E-state index in [9.17, 15) is 28.2 Å². The van der Waals surface area contributed by atoms with E-state index in [1.165, 1.54) is 13.8 Å². The minimum Gasteiger partial charge on any atom is -0.408 e. The third-order valence-electron chi connectivity index (χ3n) is 2.39. The van der Waals surface area contributed by atoms with Gasteiger partial charge in [0, 0.05) is 13.8 Å². The minimum absolute atomic E-state index is 0.0265. The molecule has 0 aromatic rings. The second kappa shape index (κ2) is 8.69. The molecule has 24 heavy (non-hydrogen) atoms. The zero-order valence-electron chi connectivity index (χ0n) is 13.7. The molecule has 0 aliphatic rings. The van der Waals surface area contributed by atoms with E-state index >= 15 is 0 Å². The number of carbonyl (C=O) groups is 2. The minimum atomic E-state index is -5.08. The van der Waals surface area contributed by atoms with Crippen LogP contribution in [0.1, 0.15) is 34.1 Å². The Bertz CT molecular complexity index is 537. The first-order valence-corrected chi connectivity index (χ1v) is 8.38. The monoisotopic (exact) mass is 374 g/mol. The molecule has 0 radical (unpaired) electrons. The first-order valence-electron chi connectivity index (χ1n) is 6.87. The predicted molar refractivity (Wildman–Crippen MR) is 76.6 cm³/mol. The Morgan fingerprint density at radius 1 is 1.00 bits per heavy atom. The Kier molecular flexibility index (Phi) is 8.21. The second-order valence-corrected chi connectivity index (χ2v) is 6.36. The Balaban J connectivity index is 5.11. The molecule has 11 nitrogen and oxygen atoms in total. The molecular formula is C12H22O11S. The number of rotatable bonds is 10. The van der Waals surface area contributed by atoms with Gasteiger partial charge in [-0.3, -0.25) is 14.1 Å². The SMILES string of the molecule is CCOC(C)(O)OC(=O)CC(C(=O)OC(C)(O)OCC)S(=O)(=O)O. The molecule has 3 N–H and O–H groups in total. The van der Waals surface area contributed by atoms with Crippen LogP contribution >= 0.6 is 0 Å². The zero-order chi connectivity index (χ0) is 19.2. The Hall–Kier alpha value is -1.31. The number of aliphatic hydroxyl groups is 2. The summed E-state index contributed by atoms with van der Waals surface area (Å²) in [5, 5.41) is 16.7. The van der Waals surface area contributed by atoms with E-state index in [1.54, 1.807) is 0 Å². The van der Waals surface area contributed by atoms with Crippen LogP contribution in [-0.4, -0.2) is 65.5 Å². The highest BCUT2D eigenvalue weighted by Crippen LogP contribution is 2.17. The average molecular weight is 374 g/mol. The van der Waals surface area contributed by atoms with Crippen molar-refractivity contribution in [1.29, 1.82) is 0 Å². The van der Waals surface area contributed by atoms with Crippen molar-refractivity contribution in [1.82, 2.24) is 0 Å². The van der Waals surface area contributed by atoms with Crippen LogP contribution in [0, 0.1) is 0 Å². The molecule has 0 rings (SSSR count). The summed E-state index contributed by atoms with van der Waals surface area (Å²) < 4.78 is 49.8. The summed E-state index contributed by atoms with van der Waals surface area (Å²) in [6, 6.07) is 0. The molecule has 0 aliphatic carbocycles. The third kappa shape index (κ3) is 8.52. The van der Waals surface area contributed by atoms with Gasteiger partial charge in [0.2, 0.25) is 0 Å². The predicted octanol–water partition coefficient (Wildman–Crippen LogP) is -0.876. The van der Waals surface area contributed by atoms with Crippen LogP contribution in [0.4, 0.5) is 0 Å². The van der Waals surface area contributed by atoms with Gasteiger partial charge in [0.15, 0.2) is 5.25 Å². The van der Waals surface area contributed by atoms with E-state index in [-0.39, 0.29) is 13.2 Å². The van der Waals surface area contributed by atoms with Crippen LogP contribution < -0.4 is 0 Å². The molecule has 0 amide bonds. The summed E-state index contributed by atoms with van der Waals surface area (Å²) in [5.41, 5.74) is 0. The van der Waals surface area contributed by atoms with Crippen LogP contribution in [0.25, 0.3) is 0 Å². The van der Waals surface area contributed by atoms with E-state index in [4.69, 9.17) is 4.55 Å². The van der Waals surface area contributed by atoms with Crippen molar-refractivity contribution >= 4 is 22.1 Å². The summed E-state index contributed by atoms with van der Waals surface area (Å²) in [7, 11) is -5.08. The maximum absolute atomic E-state index is 11.8. The van der Waals surface area contributed by atoms with Crippen molar-refractivity contribution in [3.63, 3.8) is 0 Å². The number of esters is 2. The Morgan fingerprint density at radius 2 is 1.42 bits per heavy atom. The van der Waals surface area contributed by atoms with Crippen molar-refractivity contribution in [2.75, 3.05) is 13.2 Å². The van der Waals surface area contributed by atoms with Crippen molar-refractivity contribution < 1.29 is 51.7 Å². The van der Waals surface area contributed by atoms with Crippen LogP contribution in [0.3, 0.4) is 0 Å². The molecule has 0 bridgehead atoms. The first kappa shape index (κ1) is 22.7. The largest absolute Gasteiger partial charge is 0.408 e. The van der Waals surface area contributed by atoms with Gasteiger partial charge in [0.05, 0.1) is 19.6 Å². The molecule has 12 heteroatoms. The molecule has 0 aliphatic heterocycles. The topological polar surface area (TPSA) is 166 Å². The van der Waals surface area contributed by atoms with Crippen LogP contribution in [0.15, 0.2) is 0 Å². The van der Waals surface area contributed by atoms with Gasteiger partial charge in [-0.2, -0.15) is 8.42 Å². The van der Waals surface area contributed by atoms with Gasteiger partial charge in [-0.25, -0.2) is 0 Å². The molecule has 142 valence electrons.